The Kier molecular flexibility index (Phi) is 4.23. The smallest absolute Gasteiger partial charge is 0.159 e. The van der Waals surface area contributed by atoms with Gasteiger partial charge in [0.05, 0.1) is 0 Å². The molecule has 0 aromatic heterocycles. The minimum Gasteiger partial charge on any atom is -0.321 e. The largest absolute Gasteiger partial charge is 0.321 e. The van der Waals surface area contributed by atoms with Gasteiger partial charge in [0.15, 0.2) is 11.6 Å². The zero-order valence-corrected chi connectivity index (χ0v) is 12.4. The van der Waals surface area contributed by atoms with E-state index < -0.39 is 17.2 Å². The standard InChI is InChI=1S/C18H20F2N2/c19-16-7-6-15(12-17(16)20)18(21)8-10-22(11-9-18)13-14-4-2-1-3-5-14/h1-7,12H,8-11,13,21H2. The highest BCUT2D eigenvalue weighted by Crippen LogP contribution is 2.31. The predicted octanol–water partition coefficient (Wildman–Crippen LogP) is 3.41. The van der Waals surface area contributed by atoms with Gasteiger partial charge in [0.1, 0.15) is 0 Å². The van der Waals surface area contributed by atoms with Crippen molar-refractivity contribution in [3.05, 3.63) is 71.3 Å². The van der Waals surface area contributed by atoms with E-state index in [1.165, 1.54) is 11.6 Å². The Morgan fingerprint density at radius 3 is 2.27 bits per heavy atom. The van der Waals surface area contributed by atoms with E-state index in [4.69, 9.17) is 5.73 Å². The molecule has 0 spiro atoms. The van der Waals surface area contributed by atoms with Gasteiger partial charge in [-0.15, -0.1) is 0 Å². The van der Waals surface area contributed by atoms with Crippen LogP contribution in [-0.4, -0.2) is 18.0 Å². The van der Waals surface area contributed by atoms with Crippen LogP contribution in [0.25, 0.3) is 0 Å². The van der Waals surface area contributed by atoms with Crippen LogP contribution in [0.5, 0.6) is 0 Å². The number of hydrogen-bond donors (Lipinski definition) is 1. The summed E-state index contributed by atoms with van der Waals surface area (Å²) >= 11 is 0. The quantitative estimate of drug-likeness (QED) is 0.941. The van der Waals surface area contributed by atoms with E-state index in [1.807, 2.05) is 18.2 Å². The number of benzene rings is 2. The fraction of sp³-hybridized carbons (Fsp3) is 0.333. The molecule has 0 aliphatic carbocycles. The van der Waals surface area contributed by atoms with Crippen molar-refractivity contribution < 1.29 is 8.78 Å². The van der Waals surface area contributed by atoms with Crippen LogP contribution >= 0.6 is 0 Å². The molecule has 0 radical (unpaired) electrons. The van der Waals surface area contributed by atoms with Crippen molar-refractivity contribution in [1.29, 1.82) is 0 Å². The first-order chi connectivity index (χ1) is 10.6. The summed E-state index contributed by atoms with van der Waals surface area (Å²) in [7, 11) is 0. The minimum atomic E-state index is -0.825. The molecule has 0 amide bonds. The SMILES string of the molecule is NC1(c2ccc(F)c(F)c2)CCN(Cc2ccccc2)CC1. The van der Waals surface area contributed by atoms with Gasteiger partial charge in [-0.05, 0) is 36.1 Å². The third-order valence-electron chi connectivity index (χ3n) is 4.49. The summed E-state index contributed by atoms with van der Waals surface area (Å²) in [5.74, 6) is -1.65. The molecule has 2 nitrogen and oxygen atoms in total. The summed E-state index contributed by atoms with van der Waals surface area (Å²) in [6.45, 7) is 2.60. The van der Waals surface area contributed by atoms with Crippen LogP contribution in [0.1, 0.15) is 24.0 Å². The summed E-state index contributed by atoms with van der Waals surface area (Å²) < 4.78 is 26.5. The van der Waals surface area contributed by atoms with Gasteiger partial charge in [-0.25, -0.2) is 8.78 Å². The monoisotopic (exact) mass is 302 g/mol. The fourth-order valence-corrected chi connectivity index (χ4v) is 3.05. The molecule has 3 rings (SSSR count). The Bertz CT molecular complexity index is 635. The van der Waals surface area contributed by atoms with Gasteiger partial charge >= 0.3 is 0 Å². The molecule has 116 valence electrons. The minimum absolute atomic E-state index is 0.568. The zero-order valence-electron chi connectivity index (χ0n) is 12.4. The van der Waals surface area contributed by atoms with Gasteiger partial charge < -0.3 is 5.73 Å². The van der Waals surface area contributed by atoms with E-state index in [-0.39, 0.29) is 0 Å². The topological polar surface area (TPSA) is 29.3 Å². The summed E-state index contributed by atoms with van der Waals surface area (Å²) in [6.07, 6.45) is 1.48. The molecule has 2 N–H and O–H groups in total. The molecule has 0 atom stereocenters. The van der Waals surface area contributed by atoms with Crippen molar-refractivity contribution in [1.82, 2.24) is 4.90 Å². The van der Waals surface area contributed by atoms with E-state index in [2.05, 4.69) is 17.0 Å². The molecule has 2 aromatic carbocycles. The Morgan fingerprint density at radius 2 is 1.64 bits per heavy atom. The number of nitrogens with zero attached hydrogens (tertiary/aromatic N) is 1. The normalized spacial score (nSPS) is 18.3. The molecular weight excluding hydrogens is 282 g/mol. The molecule has 1 fully saturated rings. The van der Waals surface area contributed by atoms with Crippen LogP contribution in [0.2, 0.25) is 0 Å². The second-order valence-electron chi connectivity index (χ2n) is 6.05. The van der Waals surface area contributed by atoms with Gasteiger partial charge in [0.25, 0.3) is 0 Å². The maximum absolute atomic E-state index is 13.4. The summed E-state index contributed by atoms with van der Waals surface area (Å²) in [6, 6.07) is 14.3. The van der Waals surface area contributed by atoms with Crippen LogP contribution in [0.3, 0.4) is 0 Å². The second kappa shape index (κ2) is 6.15. The number of rotatable bonds is 3. The van der Waals surface area contributed by atoms with Crippen LogP contribution < -0.4 is 5.73 Å². The highest BCUT2D eigenvalue weighted by molar-refractivity contribution is 5.26. The molecule has 1 aliphatic heterocycles. The van der Waals surface area contributed by atoms with E-state index in [1.54, 1.807) is 6.07 Å². The second-order valence-corrected chi connectivity index (χ2v) is 6.05. The average molecular weight is 302 g/mol. The van der Waals surface area contributed by atoms with E-state index >= 15 is 0 Å². The molecule has 2 aromatic rings. The zero-order chi connectivity index (χ0) is 15.6. The number of halogens is 2. The Labute approximate surface area is 129 Å². The number of hydrogen-bond acceptors (Lipinski definition) is 2. The maximum Gasteiger partial charge on any atom is 0.159 e. The van der Waals surface area contributed by atoms with Gasteiger partial charge in [-0.2, -0.15) is 0 Å². The lowest BCUT2D eigenvalue weighted by Gasteiger charge is -2.39. The maximum atomic E-state index is 13.4. The Balaban J connectivity index is 1.66. The van der Waals surface area contributed by atoms with Crippen molar-refractivity contribution in [2.75, 3.05) is 13.1 Å². The fourth-order valence-electron chi connectivity index (χ4n) is 3.05. The Morgan fingerprint density at radius 1 is 0.955 bits per heavy atom. The summed E-state index contributed by atoms with van der Waals surface area (Å²) in [5, 5.41) is 0. The van der Waals surface area contributed by atoms with Crippen LogP contribution in [0, 0.1) is 11.6 Å². The van der Waals surface area contributed by atoms with E-state index in [9.17, 15) is 8.78 Å². The van der Waals surface area contributed by atoms with Gasteiger partial charge in [0.2, 0.25) is 0 Å². The lowest BCUT2D eigenvalue weighted by atomic mass is 9.82. The first-order valence-corrected chi connectivity index (χ1v) is 7.57. The summed E-state index contributed by atoms with van der Waals surface area (Å²) in [4.78, 5) is 2.35. The molecule has 1 aliphatic rings. The van der Waals surface area contributed by atoms with Gasteiger partial charge in [0, 0.05) is 25.2 Å². The number of likely N-dealkylation sites (tertiary alicyclic amines) is 1. The predicted molar refractivity (Wildman–Crippen MR) is 83.2 cm³/mol. The number of nitrogens with two attached hydrogens (primary N) is 1. The van der Waals surface area contributed by atoms with Gasteiger partial charge in [-0.1, -0.05) is 36.4 Å². The third-order valence-corrected chi connectivity index (χ3v) is 4.49. The first kappa shape index (κ1) is 15.1. The lowest BCUT2D eigenvalue weighted by molar-refractivity contribution is 0.155. The molecule has 0 unspecified atom stereocenters. The van der Waals surface area contributed by atoms with Crippen molar-refractivity contribution in [2.24, 2.45) is 5.73 Å². The highest BCUT2D eigenvalue weighted by Gasteiger charge is 2.32. The molecular formula is C18H20F2N2. The highest BCUT2D eigenvalue weighted by atomic mass is 19.2. The molecule has 0 bridgehead atoms. The van der Waals surface area contributed by atoms with Crippen LogP contribution in [0.15, 0.2) is 48.5 Å². The molecule has 0 saturated carbocycles. The van der Waals surface area contributed by atoms with E-state index in [0.717, 1.165) is 38.5 Å². The average Bonchev–Trinajstić information content (AvgIpc) is 2.53. The Hall–Kier alpha value is -1.78. The molecule has 22 heavy (non-hydrogen) atoms. The summed E-state index contributed by atoms with van der Waals surface area (Å²) in [5.41, 5.74) is 7.83. The van der Waals surface area contributed by atoms with Crippen molar-refractivity contribution in [3.63, 3.8) is 0 Å². The van der Waals surface area contributed by atoms with Gasteiger partial charge in [-0.3, -0.25) is 4.90 Å². The van der Waals surface area contributed by atoms with Crippen LogP contribution in [0.4, 0.5) is 8.78 Å². The molecule has 1 heterocycles. The van der Waals surface area contributed by atoms with Crippen LogP contribution in [-0.2, 0) is 12.1 Å². The van der Waals surface area contributed by atoms with Crippen molar-refractivity contribution in [3.8, 4) is 0 Å². The first-order valence-electron chi connectivity index (χ1n) is 7.57. The third kappa shape index (κ3) is 3.18. The van der Waals surface area contributed by atoms with E-state index in [0.29, 0.717) is 5.56 Å². The van der Waals surface area contributed by atoms with Crippen molar-refractivity contribution >= 4 is 0 Å². The van der Waals surface area contributed by atoms with Crippen molar-refractivity contribution in [2.45, 2.75) is 24.9 Å². The molecule has 4 heteroatoms. The lowest BCUT2D eigenvalue weighted by Crippen LogP contribution is -2.47. The number of piperidine rings is 1. The molecule has 1 saturated heterocycles.